The molecule has 0 radical (unpaired) electrons. The molecule has 1 atom stereocenters. The van der Waals surface area contributed by atoms with Crippen LogP contribution in [0.1, 0.15) is 45.2 Å². The van der Waals surface area contributed by atoms with Crippen molar-refractivity contribution in [3.8, 4) is 5.75 Å². The molecule has 1 heterocycles. The number of hydrogen-bond acceptors (Lipinski definition) is 3. The molecule has 0 N–H and O–H groups in total. The van der Waals surface area contributed by atoms with Crippen LogP contribution in [-0.2, 0) is 14.9 Å². The van der Waals surface area contributed by atoms with Crippen molar-refractivity contribution in [1.82, 2.24) is 0 Å². The lowest BCUT2D eigenvalue weighted by Crippen LogP contribution is -2.40. The number of carbonyl (C=O) groups excluding carboxylic acids is 1. The SMILES string of the molecule is CCOC(=O)C1=Cc2cc(Cl)c(C(C)(C)CC)cc2OC1C(F)(F)F. The summed E-state index contributed by atoms with van der Waals surface area (Å²) in [5, 5.41) is 0.416. The van der Waals surface area contributed by atoms with Crippen molar-refractivity contribution in [3.05, 3.63) is 33.9 Å². The Hall–Kier alpha value is -1.69. The van der Waals surface area contributed by atoms with Crippen molar-refractivity contribution in [3.63, 3.8) is 0 Å². The number of esters is 1. The van der Waals surface area contributed by atoms with Crippen LogP contribution in [0, 0.1) is 0 Å². The Balaban J connectivity index is 2.58. The number of ether oxygens (including phenoxy) is 2. The fourth-order valence-corrected chi connectivity index (χ4v) is 2.98. The van der Waals surface area contributed by atoms with Crippen LogP contribution in [-0.4, -0.2) is 24.9 Å². The summed E-state index contributed by atoms with van der Waals surface area (Å²) in [5.74, 6) is -0.999. The van der Waals surface area contributed by atoms with E-state index in [-0.39, 0.29) is 17.8 Å². The van der Waals surface area contributed by atoms with Gasteiger partial charge in [-0.3, -0.25) is 0 Å². The monoisotopic (exact) mass is 376 g/mol. The van der Waals surface area contributed by atoms with Crippen LogP contribution in [0.4, 0.5) is 13.2 Å². The summed E-state index contributed by atoms with van der Waals surface area (Å²) in [6, 6.07) is 3.05. The van der Waals surface area contributed by atoms with Crippen molar-refractivity contribution in [2.45, 2.75) is 51.8 Å². The van der Waals surface area contributed by atoms with Gasteiger partial charge in [0, 0.05) is 10.6 Å². The quantitative estimate of drug-likeness (QED) is 0.669. The summed E-state index contributed by atoms with van der Waals surface area (Å²) in [4.78, 5) is 11.9. The standard InChI is InChI=1S/C18H20ClF3O3/c1-5-17(3,4)12-9-14-10(8-13(12)19)7-11(16(23)24-6-2)15(25-14)18(20,21)22/h7-9,15H,5-6H2,1-4H3. The number of alkyl halides is 3. The van der Waals surface area contributed by atoms with Gasteiger partial charge in [-0.1, -0.05) is 32.4 Å². The van der Waals surface area contributed by atoms with Gasteiger partial charge in [0.25, 0.3) is 0 Å². The summed E-state index contributed by atoms with van der Waals surface area (Å²) in [6.07, 6.45) is -5.21. The second-order valence-electron chi connectivity index (χ2n) is 6.47. The minimum Gasteiger partial charge on any atom is -0.475 e. The molecule has 1 aliphatic rings. The van der Waals surface area contributed by atoms with Gasteiger partial charge in [-0.15, -0.1) is 0 Å². The first-order chi connectivity index (χ1) is 11.5. The molecular weight excluding hydrogens is 357 g/mol. The maximum absolute atomic E-state index is 13.4. The molecular formula is C18H20ClF3O3. The molecule has 1 unspecified atom stereocenters. The number of carbonyl (C=O) groups is 1. The van der Waals surface area contributed by atoms with Crippen LogP contribution in [0.15, 0.2) is 17.7 Å². The Morgan fingerprint density at radius 1 is 1.28 bits per heavy atom. The molecule has 0 saturated carbocycles. The van der Waals surface area contributed by atoms with Crippen molar-refractivity contribution in [2.24, 2.45) is 0 Å². The van der Waals surface area contributed by atoms with Crippen LogP contribution in [0.5, 0.6) is 5.75 Å². The largest absolute Gasteiger partial charge is 0.475 e. The van der Waals surface area contributed by atoms with E-state index in [0.29, 0.717) is 16.1 Å². The Morgan fingerprint density at radius 2 is 1.92 bits per heavy atom. The molecule has 2 rings (SSSR count). The van der Waals surface area contributed by atoms with Gasteiger partial charge in [0.15, 0.2) is 0 Å². The maximum atomic E-state index is 13.4. The first kappa shape index (κ1) is 19.6. The molecule has 7 heteroatoms. The van der Waals surface area contributed by atoms with Crippen LogP contribution < -0.4 is 4.74 Å². The van der Waals surface area contributed by atoms with E-state index in [4.69, 9.17) is 21.1 Å². The van der Waals surface area contributed by atoms with Crippen molar-refractivity contribution >= 4 is 23.6 Å². The van der Waals surface area contributed by atoms with Gasteiger partial charge in [0.1, 0.15) is 5.75 Å². The fraction of sp³-hybridized carbons (Fsp3) is 0.500. The number of hydrogen-bond donors (Lipinski definition) is 0. The summed E-state index contributed by atoms with van der Waals surface area (Å²) >= 11 is 6.32. The Bertz CT molecular complexity index is 708. The van der Waals surface area contributed by atoms with Gasteiger partial charge in [-0.25, -0.2) is 4.79 Å². The van der Waals surface area contributed by atoms with Crippen molar-refractivity contribution < 1.29 is 27.4 Å². The summed E-state index contributed by atoms with van der Waals surface area (Å²) in [5.41, 5.74) is 0.114. The summed E-state index contributed by atoms with van der Waals surface area (Å²) < 4.78 is 50.0. The predicted molar refractivity (Wildman–Crippen MR) is 89.9 cm³/mol. The fourth-order valence-electron chi connectivity index (χ4n) is 2.55. The number of halogens is 4. The lowest BCUT2D eigenvalue weighted by atomic mass is 9.81. The first-order valence-corrected chi connectivity index (χ1v) is 8.35. The highest BCUT2D eigenvalue weighted by atomic mass is 35.5. The third-order valence-electron chi connectivity index (χ3n) is 4.36. The smallest absolute Gasteiger partial charge is 0.430 e. The highest BCUT2D eigenvalue weighted by Crippen LogP contribution is 2.42. The number of benzene rings is 1. The third-order valence-corrected chi connectivity index (χ3v) is 4.67. The maximum Gasteiger partial charge on any atom is 0.430 e. The summed E-state index contributed by atoms with van der Waals surface area (Å²) in [6.45, 7) is 7.36. The lowest BCUT2D eigenvalue weighted by molar-refractivity contribution is -0.187. The molecule has 0 saturated heterocycles. The molecule has 1 aromatic rings. The van der Waals surface area contributed by atoms with E-state index in [9.17, 15) is 18.0 Å². The molecule has 0 fully saturated rings. The molecule has 1 aliphatic heterocycles. The van der Waals surface area contributed by atoms with E-state index >= 15 is 0 Å². The number of fused-ring (bicyclic) bond motifs is 1. The average Bonchev–Trinajstić information content (AvgIpc) is 2.52. The molecule has 0 aliphatic carbocycles. The Kier molecular flexibility index (Phi) is 5.42. The van der Waals surface area contributed by atoms with Crippen LogP contribution in [0.3, 0.4) is 0 Å². The second-order valence-corrected chi connectivity index (χ2v) is 6.87. The lowest BCUT2D eigenvalue weighted by Gasteiger charge is -2.30. The van der Waals surface area contributed by atoms with E-state index in [1.165, 1.54) is 19.1 Å². The predicted octanol–water partition coefficient (Wildman–Crippen LogP) is 5.30. The van der Waals surface area contributed by atoms with Crippen LogP contribution in [0.2, 0.25) is 5.02 Å². The van der Waals surface area contributed by atoms with E-state index < -0.39 is 23.8 Å². The molecule has 0 spiro atoms. The zero-order chi connectivity index (χ0) is 19.0. The van der Waals surface area contributed by atoms with Gasteiger partial charge in [-0.05, 0) is 42.5 Å². The molecule has 0 aromatic heterocycles. The van der Waals surface area contributed by atoms with E-state index in [1.54, 1.807) is 0 Å². The first-order valence-electron chi connectivity index (χ1n) is 7.97. The zero-order valence-electron chi connectivity index (χ0n) is 14.5. The molecule has 0 amide bonds. The highest BCUT2D eigenvalue weighted by molar-refractivity contribution is 6.31. The minimum atomic E-state index is -4.74. The topological polar surface area (TPSA) is 35.5 Å². The normalized spacial score (nSPS) is 17.4. The Labute approximate surface area is 149 Å². The van der Waals surface area contributed by atoms with Crippen molar-refractivity contribution in [2.75, 3.05) is 6.61 Å². The van der Waals surface area contributed by atoms with E-state index in [2.05, 4.69) is 0 Å². The van der Waals surface area contributed by atoms with E-state index in [1.807, 2.05) is 20.8 Å². The molecule has 1 aromatic carbocycles. The summed E-state index contributed by atoms with van der Waals surface area (Å²) in [7, 11) is 0. The van der Waals surface area contributed by atoms with Gasteiger partial charge in [-0.2, -0.15) is 13.2 Å². The third kappa shape index (κ3) is 3.94. The average molecular weight is 377 g/mol. The van der Waals surface area contributed by atoms with Crippen LogP contribution in [0.25, 0.3) is 6.08 Å². The second kappa shape index (κ2) is 6.90. The van der Waals surface area contributed by atoms with Crippen molar-refractivity contribution in [1.29, 1.82) is 0 Å². The van der Waals surface area contributed by atoms with Gasteiger partial charge in [0.2, 0.25) is 6.10 Å². The van der Waals surface area contributed by atoms with E-state index in [0.717, 1.165) is 12.5 Å². The van der Waals surface area contributed by atoms with Gasteiger partial charge in [0.05, 0.1) is 12.2 Å². The minimum absolute atomic E-state index is 0.0298. The molecule has 0 bridgehead atoms. The van der Waals surface area contributed by atoms with Crippen LogP contribution >= 0.6 is 11.6 Å². The number of rotatable bonds is 4. The Morgan fingerprint density at radius 3 is 2.44 bits per heavy atom. The molecule has 25 heavy (non-hydrogen) atoms. The van der Waals surface area contributed by atoms with Gasteiger partial charge >= 0.3 is 12.1 Å². The molecule has 3 nitrogen and oxygen atoms in total. The van der Waals surface area contributed by atoms with Gasteiger partial charge < -0.3 is 9.47 Å². The zero-order valence-corrected chi connectivity index (χ0v) is 15.2. The highest BCUT2D eigenvalue weighted by Gasteiger charge is 2.49. The molecule has 138 valence electrons.